The van der Waals surface area contributed by atoms with Gasteiger partial charge in [-0.2, -0.15) is 0 Å². The van der Waals surface area contributed by atoms with Crippen LogP contribution in [0.4, 0.5) is 0 Å². The van der Waals surface area contributed by atoms with Gasteiger partial charge < -0.3 is 5.32 Å². The molecule has 2 heterocycles. The fourth-order valence-electron chi connectivity index (χ4n) is 2.76. The van der Waals surface area contributed by atoms with E-state index in [2.05, 4.69) is 19.2 Å². The van der Waals surface area contributed by atoms with E-state index in [9.17, 15) is 8.42 Å². The van der Waals surface area contributed by atoms with Gasteiger partial charge in [0.2, 0.25) is 10.0 Å². The van der Waals surface area contributed by atoms with Gasteiger partial charge in [0, 0.05) is 13.1 Å². The first-order chi connectivity index (χ1) is 8.01. The highest BCUT2D eigenvalue weighted by Gasteiger charge is 2.36. The predicted molar refractivity (Wildman–Crippen MR) is 69.3 cm³/mol. The first-order valence-corrected chi connectivity index (χ1v) is 8.22. The van der Waals surface area contributed by atoms with Crippen LogP contribution in [0.5, 0.6) is 0 Å². The van der Waals surface area contributed by atoms with Crippen molar-refractivity contribution in [3.63, 3.8) is 0 Å². The molecule has 100 valence electrons. The molecular formula is C12H24N2O2S. The summed E-state index contributed by atoms with van der Waals surface area (Å²) in [6.07, 6.45) is 2.54. The van der Waals surface area contributed by atoms with E-state index < -0.39 is 10.0 Å². The summed E-state index contributed by atoms with van der Waals surface area (Å²) in [6.45, 7) is 7.49. The number of hydrogen-bond donors (Lipinski definition) is 1. The Hall–Kier alpha value is -0.130. The highest BCUT2D eigenvalue weighted by molar-refractivity contribution is 7.89. The van der Waals surface area contributed by atoms with E-state index in [1.807, 2.05) is 0 Å². The molecule has 2 unspecified atom stereocenters. The van der Waals surface area contributed by atoms with Crippen molar-refractivity contribution in [1.82, 2.24) is 9.62 Å². The summed E-state index contributed by atoms with van der Waals surface area (Å²) in [5.74, 6) is 1.13. The van der Waals surface area contributed by atoms with Crippen LogP contribution in [0.2, 0.25) is 0 Å². The van der Waals surface area contributed by atoms with Crippen LogP contribution < -0.4 is 5.32 Å². The third-order valence-electron chi connectivity index (χ3n) is 4.36. The Kier molecular flexibility index (Phi) is 4.10. The van der Waals surface area contributed by atoms with Crippen molar-refractivity contribution in [3.05, 3.63) is 0 Å². The van der Waals surface area contributed by atoms with Crippen molar-refractivity contribution in [3.8, 4) is 0 Å². The Labute approximate surface area is 105 Å². The lowest BCUT2D eigenvalue weighted by molar-refractivity contribution is 0.210. The smallest absolute Gasteiger partial charge is 0.217 e. The molecule has 4 nitrogen and oxygen atoms in total. The third kappa shape index (κ3) is 2.83. The van der Waals surface area contributed by atoms with E-state index in [-0.39, 0.29) is 5.25 Å². The van der Waals surface area contributed by atoms with Gasteiger partial charge in [-0.05, 0) is 44.2 Å². The Bertz CT molecular complexity index is 350. The van der Waals surface area contributed by atoms with Gasteiger partial charge in [-0.25, -0.2) is 12.7 Å². The van der Waals surface area contributed by atoms with Gasteiger partial charge in [0.15, 0.2) is 0 Å². The van der Waals surface area contributed by atoms with Crippen molar-refractivity contribution >= 4 is 10.0 Å². The molecule has 2 aliphatic heterocycles. The summed E-state index contributed by atoms with van der Waals surface area (Å²) >= 11 is 0. The van der Waals surface area contributed by atoms with Gasteiger partial charge in [-0.3, -0.25) is 0 Å². The van der Waals surface area contributed by atoms with Crippen molar-refractivity contribution in [2.45, 2.75) is 38.4 Å². The molecule has 0 radical (unpaired) electrons. The molecule has 0 spiro atoms. The topological polar surface area (TPSA) is 49.4 Å². The minimum Gasteiger partial charge on any atom is -0.317 e. The zero-order chi connectivity index (χ0) is 12.5. The van der Waals surface area contributed by atoms with Gasteiger partial charge in [-0.15, -0.1) is 0 Å². The summed E-state index contributed by atoms with van der Waals surface area (Å²) < 4.78 is 26.7. The normalized spacial score (nSPS) is 33.8. The Morgan fingerprint density at radius 2 is 1.71 bits per heavy atom. The minimum absolute atomic E-state index is 0.149. The van der Waals surface area contributed by atoms with Crippen LogP contribution in [-0.4, -0.2) is 44.2 Å². The van der Waals surface area contributed by atoms with Gasteiger partial charge in [0.25, 0.3) is 0 Å². The maximum absolute atomic E-state index is 12.5. The number of hydrogen-bond acceptors (Lipinski definition) is 3. The molecule has 2 aliphatic rings. The van der Waals surface area contributed by atoms with Crippen LogP contribution in [0.25, 0.3) is 0 Å². The van der Waals surface area contributed by atoms with Gasteiger partial charge in [0.1, 0.15) is 0 Å². The lowest BCUT2D eigenvalue weighted by Crippen LogP contribution is -2.48. The second-order valence-electron chi connectivity index (χ2n) is 5.60. The molecule has 0 amide bonds. The number of piperidine rings is 2. The van der Waals surface area contributed by atoms with E-state index in [4.69, 9.17) is 0 Å². The molecule has 0 aliphatic carbocycles. The lowest BCUT2D eigenvalue weighted by atomic mass is 9.90. The van der Waals surface area contributed by atoms with Crippen molar-refractivity contribution in [2.24, 2.45) is 11.8 Å². The molecule has 0 aromatic carbocycles. The number of nitrogens with zero attached hydrogens (tertiary/aromatic N) is 1. The molecule has 5 heteroatoms. The minimum atomic E-state index is -3.05. The molecule has 0 aromatic heterocycles. The second kappa shape index (κ2) is 5.24. The van der Waals surface area contributed by atoms with Gasteiger partial charge >= 0.3 is 0 Å². The molecule has 1 N–H and O–H groups in total. The van der Waals surface area contributed by atoms with Crippen LogP contribution in [0.1, 0.15) is 33.1 Å². The molecule has 2 rings (SSSR count). The summed E-state index contributed by atoms with van der Waals surface area (Å²) in [7, 11) is -3.05. The Morgan fingerprint density at radius 1 is 1.06 bits per heavy atom. The zero-order valence-electron chi connectivity index (χ0n) is 10.9. The fourth-order valence-corrected chi connectivity index (χ4v) is 4.82. The van der Waals surface area contributed by atoms with E-state index >= 15 is 0 Å². The van der Waals surface area contributed by atoms with E-state index in [0.717, 1.165) is 38.9 Å². The molecule has 2 saturated heterocycles. The molecule has 0 bridgehead atoms. The second-order valence-corrected chi connectivity index (χ2v) is 7.81. The first kappa shape index (κ1) is 13.3. The number of nitrogens with one attached hydrogen (secondary N) is 1. The highest BCUT2D eigenvalue weighted by atomic mass is 32.2. The standard InChI is InChI=1S/C12H24N2O2S/c1-10-5-8-14(9-11(10)2)17(15,16)12-3-6-13-7-4-12/h10-13H,3-9H2,1-2H3. The number of sulfonamides is 1. The zero-order valence-corrected chi connectivity index (χ0v) is 11.7. The summed E-state index contributed by atoms with van der Waals surface area (Å²) in [4.78, 5) is 0. The van der Waals surface area contributed by atoms with Gasteiger partial charge in [0.05, 0.1) is 5.25 Å². The number of rotatable bonds is 2. The summed E-state index contributed by atoms with van der Waals surface area (Å²) in [6, 6.07) is 0. The monoisotopic (exact) mass is 260 g/mol. The summed E-state index contributed by atoms with van der Waals surface area (Å²) in [5, 5.41) is 3.07. The van der Waals surface area contributed by atoms with Crippen LogP contribution in [0.3, 0.4) is 0 Å². The molecule has 17 heavy (non-hydrogen) atoms. The quantitative estimate of drug-likeness (QED) is 0.807. The maximum atomic E-state index is 12.5. The Balaban J connectivity index is 2.04. The van der Waals surface area contributed by atoms with Crippen LogP contribution in [-0.2, 0) is 10.0 Å². The van der Waals surface area contributed by atoms with E-state index in [1.165, 1.54) is 0 Å². The maximum Gasteiger partial charge on any atom is 0.217 e. The van der Waals surface area contributed by atoms with E-state index in [1.54, 1.807) is 4.31 Å². The van der Waals surface area contributed by atoms with Crippen LogP contribution in [0.15, 0.2) is 0 Å². The molecule has 0 aromatic rings. The molecule has 0 saturated carbocycles. The lowest BCUT2D eigenvalue weighted by Gasteiger charge is -2.37. The fraction of sp³-hybridized carbons (Fsp3) is 1.00. The van der Waals surface area contributed by atoms with Crippen molar-refractivity contribution in [1.29, 1.82) is 0 Å². The van der Waals surface area contributed by atoms with Crippen LogP contribution in [0, 0.1) is 11.8 Å². The van der Waals surface area contributed by atoms with Crippen LogP contribution >= 0.6 is 0 Å². The van der Waals surface area contributed by atoms with Crippen molar-refractivity contribution < 1.29 is 8.42 Å². The first-order valence-electron chi connectivity index (χ1n) is 6.71. The predicted octanol–water partition coefficient (Wildman–Crippen LogP) is 1.05. The van der Waals surface area contributed by atoms with E-state index in [0.29, 0.717) is 18.4 Å². The molecule has 2 fully saturated rings. The Morgan fingerprint density at radius 3 is 2.29 bits per heavy atom. The molecular weight excluding hydrogens is 236 g/mol. The third-order valence-corrected chi connectivity index (χ3v) is 6.73. The van der Waals surface area contributed by atoms with Crippen molar-refractivity contribution in [2.75, 3.05) is 26.2 Å². The average molecular weight is 260 g/mol. The average Bonchev–Trinajstić information content (AvgIpc) is 2.33. The summed E-state index contributed by atoms with van der Waals surface area (Å²) in [5.41, 5.74) is 0. The largest absolute Gasteiger partial charge is 0.317 e. The molecule has 2 atom stereocenters. The SMILES string of the molecule is CC1CCN(S(=O)(=O)C2CCNCC2)CC1C. The highest BCUT2D eigenvalue weighted by Crippen LogP contribution is 2.27. The van der Waals surface area contributed by atoms with Gasteiger partial charge in [-0.1, -0.05) is 13.8 Å².